The second kappa shape index (κ2) is 8.40. The molecule has 0 aliphatic rings. The maximum atomic E-state index is 12.4. The van der Waals surface area contributed by atoms with Crippen molar-refractivity contribution in [3.05, 3.63) is 58.1 Å². The minimum absolute atomic E-state index is 0.119. The van der Waals surface area contributed by atoms with Crippen LogP contribution in [0.2, 0.25) is 0 Å². The maximum Gasteiger partial charge on any atom is 0.324 e. The summed E-state index contributed by atoms with van der Waals surface area (Å²) in [7, 11) is -5.82. The molecule has 0 heterocycles. The summed E-state index contributed by atoms with van der Waals surface area (Å²) in [6.45, 7) is 1.38. The Morgan fingerprint density at radius 1 is 1.14 bits per heavy atom. The van der Waals surface area contributed by atoms with Crippen molar-refractivity contribution in [2.24, 2.45) is 0 Å². The van der Waals surface area contributed by atoms with Gasteiger partial charge in [-0.25, -0.2) is 8.42 Å². The summed E-state index contributed by atoms with van der Waals surface area (Å²) in [5.41, 5.74) is -0.246. The highest BCUT2D eigenvalue weighted by Crippen LogP contribution is 2.26. The summed E-state index contributed by atoms with van der Waals surface area (Å²) in [4.78, 5) is 32.9. The summed E-state index contributed by atoms with van der Waals surface area (Å²) in [5, 5.41) is 11.2. The van der Waals surface area contributed by atoms with E-state index >= 15 is 0 Å². The molecule has 0 aliphatic heterocycles. The van der Waals surface area contributed by atoms with Gasteiger partial charge in [-0.15, -0.1) is 0 Å². The zero-order valence-corrected chi connectivity index (χ0v) is 16.4. The van der Waals surface area contributed by atoms with E-state index in [9.17, 15) is 32.3 Å². The number of hydrogen-bond donors (Lipinski definition) is 0. The molecule has 0 bridgehead atoms. The Kier molecular flexibility index (Phi) is 6.41. The first-order valence-electron chi connectivity index (χ1n) is 7.67. The van der Waals surface area contributed by atoms with Crippen LogP contribution in [0, 0.1) is 10.1 Å². The van der Waals surface area contributed by atoms with Crippen molar-refractivity contribution in [1.82, 2.24) is 0 Å². The van der Waals surface area contributed by atoms with Gasteiger partial charge >= 0.3 is 5.97 Å². The number of nitro benzene ring substituents is 1. The van der Waals surface area contributed by atoms with E-state index in [4.69, 9.17) is 4.74 Å². The van der Waals surface area contributed by atoms with Crippen molar-refractivity contribution in [3.63, 3.8) is 0 Å². The first-order valence-corrected chi connectivity index (χ1v) is 10.9. The number of nitrogens with zero attached hydrogens (tertiary/aromatic N) is 1. The number of ether oxygens (including phenoxy) is 1. The number of nitro groups is 1. The molecule has 2 rings (SSSR count). The number of carbonyl (C=O) groups excluding carboxylic acids is 2. The van der Waals surface area contributed by atoms with E-state index in [1.165, 1.54) is 31.2 Å². The third kappa shape index (κ3) is 5.30. The third-order valence-electron chi connectivity index (χ3n) is 3.54. The molecule has 0 amide bonds. The second-order valence-electron chi connectivity index (χ2n) is 5.70. The zero-order chi connectivity index (χ0) is 21.1. The van der Waals surface area contributed by atoms with Crippen LogP contribution in [0.1, 0.15) is 17.3 Å². The van der Waals surface area contributed by atoms with E-state index in [2.05, 4.69) is 0 Å². The third-order valence-corrected chi connectivity index (χ3v) is 5.99. The van der Waals surface area contributed by atoms with Crippen LogP contribution in [-0.4, -0.2) is 41.3 Å². The number of benzene rings is 2. The first-order chi connectivity index (χ1) is 13.0. The number of rotatable bonds is 7. The van der Waals surface area contributed by atoms with Gasteiger partial charge in [0.15, 0.2) is 15.6 Å². The average molecular weight is 425 g/mol. The predicted octanol–water partition coefficient (Wildman–Crippen LogP) is 1.91. The quantitative estimate of drug-likeness (QED) is 0.216. The second-order valence-corrected chi connectivity index (χ2v) is 9.14. The predicted molar refractivity (Wildman–Crippen MR) is 99.6 cm³/mol. The lowest BCUT2D eigenvalue weighted by Gasteiger charge is -2.07. The fourth-order valence-corrected chi connectivity index (χ4v) is 3.82. The fourth-order valence-electron chi connectivity index (χ4n) is 2.17. The molecule has 1 unspecified atom stereocenters. The Morgan fingerprint density at radius 3 is 2.25 bits per heavy atom. The highest BCUT2D eigenvalue weighted by molar-refractivity contribution is 7.90. The molecule has 1 atom stereocenters. The van der Waals surface area contributed by atoms with Crippen LogP contribution in [-0.2, 0) is 25.4 Å². The van der Waals surface area contributed by atoms with Crippen LogP contribution in [0.25, 0.3) is 0 Å². The van der Waals surface area contributed by atoms with E-state index in [1.807, 2.05) is 0 Å². The number of hydrogen-bond acceptors (Lipinski definition) is 8. The molecule has 2 aromatic carbocycles. The molecule has 9 nitrogen and oxygen atoms in total. The molecule has 148 valence electrons. The van der Waals surface area contributed by atoms with Gasteiger partial charge in [-0.2, -0.15) is 0 Å². The zero-order valence-electron chi connectivity index (χ0n) is 14.8. The van der Waals surface area contributed by atoms with Gasteiger partial charge in [0, 0.05) is 17.9 Å². The molecule has 0 saturated heterocycles. The Balaban J connectivity index is 2.18. The van der Waals surface area contributed by atoms with Gasteiger partial charge in [0.25, 0.3) is 5.69 Å². The number of ketones is 1. The van der Waals surface area contributed by atoms with Crippen molar-refractivity contribution >= 4 is 38.1 Å². The SMILES string of the molecule is CC(=O)c1ccc(OC(=O)CS(=O)c2ccc(S(C)(=O)=O)cc2[N+](=O)[O-])cc1. The minimum atomic E-state index is -3.69. The van der Waals surface area contributed by atoms with Crippen LogP contribution < -0.4 is 4.74 Å². The molecule has 0 N–H and O–H groups in total. The van der Waals surface area contributed by atoms with Crippen LogP contribution in [0.4, 0.5) is 5.69 Å². The maximum absolute atomic E-state index is 12.4. The highest BCUT2D eigenvalue weighted by atomic mass is 32.2. The van der Waals surface area contributed by atoms with Crippen molar-refractivity contribution in [2.75, 3.05) is 12.0 Å². The monoisotopic (exact) mass is 425 g/mol. The Bertz CT molecular complexity index is 1070. The molecule has 0 aromatic heterocycles. The van der Waals surface area contributed by atoms with Crippen molar-refractivity contribution in [3.8, 4) is 5.75 Å². The number of Topliss-reactive ketones (excluding diaryl/α,β-unsaturated/α-hetero) is 1. The van der Waals surface area contributed by atoms with Crippen molar-refractivity contribution in [1.29, 1.82) is 0 Å². The van der Waals surface area contributed by atoms with Gasteiger partial charge in [-0.3, -0.25) is 23.9 Å². The molecule has 0 aliphatic carbocycles. The van der Waals surface area contributed by atoms with Crippen LogP contribution in [0.15, 0.2) is 52.3 Å². The summed E-state index contributed by atoms with van der Waals surface area (Å²) in [6, 6.07) is 8.62. The van der Waals surface area contributed by atoms with Crippen LogP contribution in [0.5, 0.6) is 5.75 Å². The van der Waals surface area contributed by atoms with Crippen LogP contribution >= 0.6 is 0 Å². The Labute approximate surface area is 162 Å². The highest BCUT2D eigenvalue weighted by Gasteiger charge is 2.24. The smallest absolute Gasteiger partial charge is 0.324 e. The van der Waals surface area contributed by atoms with Gasteiger partial charge in [-0.05, 0) is 43.3 Å². The first kappa shape index (κ1) is 21.4. The Morgan fingerprint density at radius 2 is 1.75 bits per heavy atom. The minimum Gasteiger partial charge on any atom is -0.426 e. The van der Waals surface area contributed by atoms with Gasteiger partial charge in [0.05, 0.1) is 20.6 Å². The molecule has 2 aromatic rings. The molecule has 28 heavy (non-hydrogen) atoms. The van der Waals surface area contributed by atoms with Gasteiger partial charge in [-0.1, -0.05) is 0 Å². The van der Waals surface area contributed by atoms with Gasteiger partial charge in [0.1, 0.15) is 16.4 Å². The lowest BCUT2D eigenvalue weighted by Crippen LogP contribution is -2.18. The van der Waals surface area contributed by atoms with Crippen molar-refractivity contribution < 1.29 is 31.9 Å². The van der Waals surface area contributed by atoms with E-state index in [0.717, 1.165) is 24.5 Å². The topological polar surface area (TPSA) is 138 Å². The normalized spacial score (nSPS) is 12.2. The van der Waals surface area contributed by atoms with Gasteiger partial charge < -0.3 is 4.74 Å². The fraction of sp³-hybridized carbons (Fsp3) is 0.176. The Hall–Kier alpha value is -2.92. The molecule has 0 spiro atoms. The lowest BCUT2D eigenvalue weighted by atomic mass is 10.1. The lowest BCUT2D eigenvalue weighted by molar-refractivity contribution is -0.388. The molecule has 0 radical (unpaired) electrons. The van der Waals surface area contributed by atoms with E-state index < -0.39 is 43.0 Å². The van der Waals surface area contributed by atoms with Gasteiger partial charge in [0.2, 0.25) is 0 Å². The summed E-state index contributed by atoms with van der Waals surface area (Å²) in [5.74, 6) is -1.62. The molecule has 0 saturated carbocycles. The largest absolute Gasteiger partial charge is 0.426 e. The van der Waals surface area contributed by atoms with Crippen LogP contribution in [0.3, 0.4) is 0 Å². The van der Waals surface area contributed by atoms with E-state index in [0.29, 0.717) is 5.56 Å². The van der Waals surface area contributed by atoms with Crippen molar-refractivity contribution in [2.45, 2.75) is 16.7 Å². The van der Waals surface area contributed by atoms with E-state index in [1.54, 1.807) is 0 Å². The molecule has 0 fully saturated rings. The standard InChI is InChI=1S/C17H15NO8S2/c1-11(19)12-3-5-13(6-4-12)26-17(20)10-27(23)16-8-7-14(28(2,24)25)9-15(16)18(21)22/h3-9H,10H2,1-2H3. The molecular formula is C17H15NO8S2. The molecular weight excluding hydrogens is 410 g/mol. The number of esters is 1. The number of sulfone groups is 1. The van der Waals surface area contributed by atoms with E-state index in [-0.39, 0.29) is 21.3 Å². The summed E-state index contributed by atoms with van der Waals surface area (Å²) in [6.07, 6.45) is 0.886. The molecule has 11 heteroatoms. The summed E-state index contributed by atoms with van der Waals surface area (Å²) < 4.78 is 40.5. The average Bonchev–Trinajstić information content (AvgIpc) is 2.60. The number of carbonyl (C=O) groups is 2. The summed E-state index contributed by atoms with van der Waals surface area (Å²) >= 11 is 0.